The van der Waals surface area contributed by atoms with Crippen molar-refractivity contribution in [2.45, 2.75) is 25.9 Å². The van der Waals surface area contributed by atoms with E-state index in [1.54, 1.807) is 0 Å². The summed E-state index contributed by atoms with van der Waals surface area (Å²) >= 11 is 3.41. The topological polar surface area (TPSA) is 35.5 Å². The minimum atomic E-state index is -0.307. The summed E-state index contributed by atoms with van der Waals surface area (Å²) in [7, 11) is 0. The predicted octanol–water partition coefficient (Wildman–Crippen LogP) is 4.27. The summed E-state index contributed by atoms with van der Waals surface area (Å²) in [5.74, 6) is 0.0865. The van der Waals surface area contributed by atoms with Gasteiger partial charge >= 0.3 is 0 Å². The van der Waals surface area contributed by atoms with E-state index in [0.717, 1.165) is 15.6 Å². The Hall–Kier alpha value is -1.49. The molecule has 108 valence electrons. The van der Waals surface area contributed by atoms with Crippen LogP contribution in [0, 0.1) is 0 Å². The number of carbonyl (C=O) groups excluding carboxylic acids is 1. The Morgan fingerprint density at radius 1 is 1.14 bits per heavy atom. The first kappa shape index (κ1) is 14.4. The first-order chi connectivity index (χ1) is 10.1. The second-order valence-electron chi connectivity index (χ2n) is 5.00. The van der Waals surface area contributed by atoms with Crippen molar-refractivity contribution >= 4 is 21.7 Å². The fraction of sp³-hybridized carbons (Fsp3) is 0.235. The third-order valence-corrected chi connectivity index (χ3v) is 4.08. The van der Waals surface area contributed by atoms with E-state index in [-0.39, 0.29) is 18.4 Å². The second-order valence-corrected chi connectivity index (χ2v) is 5.85. The summed E-state index contributed by atoms with van der Waals surface area (Å²) in [6.45, 7) is 1.86. The Morgan fingerprint density at radius 2 is 1.90 bits per heavy atom. The first-order valence-corrected chi connectivity index (χ1v) is 7.60. The lowest BCUT2D eigenvalue weighted by molar-refractivity contribution is -0.382. The summed E-state index contributed by atoms with van der Waals surface area (Å²) in [5.41, 5.74) is 2.61. The summed E-state index contributed by atoms with van der Waals surface area (Å²) in [5, 5.41) is 0. The van der Waals surface area contributed by atoms with Crippen molar-refractivity contribution in [3.05, 3.63) is 69.7 Å². The van der Waals surface area contributed by atoms with Crippen molar-refractivity contribution in [1.29, 1.82) is 0 Å². The molecule has 0 spiro atoms. The molecule has 2 aromatic rings. The highest BCUT2D eigenvalue weighted by Crippen LogP contribution is 2.31. The van der Waals surface area contributed by atoms with Gasteiger partial charge in [0.15, 0.2) is 18.4 Å². The van der Waals surface area contributed by atoms with Crippen molar-refractivity contribution in [2.24, 2.45) is 0 Å². The van der Waals surface area contributed by atoms with Gasteiger partial charge in [-0.15, -0.1) is 0 Å². The number of halogens is 1. The van der Waals surface area contributed by atoms with E-state index in [4.69, 9.17) is 9.47 Å². The lowest BCUT2D eigenvalue weighted by Crippen LogP contribution is -2.31. The monoisotopic (exact) mass is 346 g/mol. The molecule has 0 unspecified atom stereocenters. The van der Waals surface area contributed by atoms with Crippen LogP contribution in [0.1, 0.15) is 34.7 Å². The molecule has 3 rings (SSSR count). The van der Waals surface area contributed by atoms with Gasteiger partial charge in [0.2, 0.25) is 0 Å². The van der Waals surface area contributed by atoms with E-state index < -0.39 is 0 Å². The maximum Gasteiger partial charge on any atom is 0.189 e. The Labute approximate surface area is 132 Å². The van der Waals surface area contributed by atoms with E-state index >= 15 is 0 Å². The Morgan fingerprint density at radius 3 is 2.62 bits per heavy atom. The summed E-state index contributed by atoms with van der Waals surface area (Å²) < 4.78 is 11.8. The van der Waals surface area contributed by atoms with Gasteiger partial charge in [0.05, 0.1) is 0 Å². The van der Waals surface area contributed by atoms with Gasteiger partial charge in [0.25, 0.3) is 0 Å². The number of ketones is 1. The Kier molecular flexibility index (Phi) is 4.19. The Balaban J connectivity index is 1.74. The summed E-state index contributed by atoms with van der Waals surface area (Å²) in [6.07, 6.45) is -0.0993. The quantitative estimate of drug-likeness (QED) is 0.775. The normalized spacial score (nSPS) is 20.9. The van der Waals surface area contributed by atoms with Crippen molar-refractivity contribution in [1.82, 2.24) is 0 Å². The highest BCUT2D eigenvalue weighted by molar-refractivity contribution is 9.10. The zero-order valence-corrected chi connectivity index (χ0v) is 13.2. The molecule has 1 fully saturated rings. The molecule has 3 nitrogen and oxygen atoms in total. The third-order valence-electron chi connectivity index (χ3n) is 3.39. The third kappa shape index (κ3) is 3.23. The number of benzene rings is 2. The highest BCUT2D eigenvalue weighted by atomic mass is 79.9. The second kappa shape index (κ2) is 6.10. The average Bonchev–Trinajstić information content (AvgIpc) is 2.44. The lowest BCUT2D eigenvalue weighted by atomic mass is 10.0. The van der Waals surface area contributed by atoms with E-state index in [9.17, 15) is 4.79 Å². The highest BCUT2D eigenvalue weighted by Gasteiger charge is 2.28. The van der Waals surface area contributed by atoms with Crippen LogP contribution >= 0.6 is 15.9 Å². The van der Waals surface area contributed by atoms with Gasteiger partial charge in [-0.2, -0.15) is 0 Å². The van der Waals surface area contributed by atoms with E-state index in [1.807, 2.05) is 55.5 Å². The van der Waals surface area contributed by atoms with Crippen molar-refractivity contribution in [2.75, 3.05) is 0 Å². The number of hydrogen-bond donors (Lipinski definition) is 0. The van der Waals surface area contributed by atoms with Crippen LogP contribution in [0.2, 0.25) is 0 Å². The van der Waals surface area contributed by atoms with Crippen LogP contribution in [-0.2, 0) is 15.9 Å². The molecule has 0 N–H and O–H groups in total. The molecule has 0 bridgehead atoms. The molecular weight excluding hydrogens is 332 g/mol. The maximum absolute atomic E-state index is 12.4. The number of Topliss-reactive ketones (excluding diaryl/α,β-unsaturated/α-hetero) is 1. The zero-order chi connectivity index (χ0) is 14.8. The van der Waals surface area contributed by atoms with Crippen molar-refractivity contribution < 1.29 is 14.3 Å². The SMILES string of the molecule is CC1OC(c2cccc(CC(=O)c3ccccc3Br)c2)O1. The smallest absolute Gasteiger partial charge is 0.189 e. The zero-order valence-electron chi connectivity index (χ0n) is 11.6. The lowest BCUT2D eigenvalue weighted by Gasteiger charge is -2.34. The van der Waals surface area contributed by atoms with Crippen molar-refractivity contribution in [3.63, 3.8) is 0 Å². The average molecular weight is 347 g/mol. The van der Waals surface area contributed by atoms with Gasteiger partial charge in [-0.05, 0) is 18.6 Å². The van der Waals surface area contributed by atoms with Crippen LogP contribution < -0.4 is 0 Å². The van der Waals surface area contributed by atoms with Crippen LogP contribution in [0.25, 0.3) is 0 Å². The first-order valence-electron chi connectivity index (χ1n) is 6.81. The van der Waals surface area contributed by atoms with Gasteiger partial charge in [-0.1, -0.05) is 58.4 Å². The van der Waals surface area contributed by atoms with Gasteiger partial charge in [-0.3, -0.25) is 4.79 Å². The van der Waals surface area contributed by atoms with Crippen LogP contribution in [0.4, 0.5) is 0 Å². The maximum atomic E-state index is 12.4. The van der Waals surface area contributed by atoms with Gasteiger partial charge in [-0.25, -0.2) is 0 Å². The molecule has 0 aromatic heterocycles. The molecule has 0 aliphatic carbocycles. The standard InChI is InChI=1S/C17H15BrO3/c1-11-20-17(21-11)13-6-4-5-12(9-13)10-16(19)14-7-2-3-8-15(14)18/h2-9,11,17H,10H2,1H3. The van der Waals surface area contributed by atoms with Crippen LogP contribution in [0.15, 0.2) is 53.0 Å². The predicted molar refractivity (Wildman–Crippen MR) is 83.0 cm³/mol. The molecule has 21 heavy (non-hydrogen) atoms. The number of rotatable bonds is 4. The number of hydrogen-bond acceptors (Lipinski definition) is 3. The van der Waals surface area contributed by atoms with E-state index in [0.29, 0.717) is 12.0 Å². The molecule has 0 amide bonds. The molecule has 2 aromatic carbocycles. The number of ether oxygens (including phenoxy) is 2. The minimum Gasteiger partial charge on any atom is -0.320 e. The number of carbonyl (C=O) groups is 1. The fourth-order valence-electron chi connectivity index (χ4n) is 2.33. The van der Waals surface area contributed by atoms with E-state index in [1.165, 1.54) is 0 Å². The molecule has 1 aliphatic rings. The molecule has 1 heterocycles. The van der Waals surface area contributed by atoms with Gasteiger partial charge in [0, 0.05) is 22.0 Å². The minimum absolute atomic E-state index is 0.0865. The van der Waals surface area contributed by atoms with Crippen molar-refractivity contribution in [3.8, 4) is 0 Å². The van der Waals surface area contributed by atoms with Gasteiger partial charge in [0.1, 0.15) is 0 Å². The van der Waals surface area contributed by atoms with Gasteiger partial charge < -0.3 is 9.47 Å². The molecule has 1 saturated heterocycles. The molecule has 4 heteroatoms. The molecular formula is C17H15BrO3. The van der Waals surface area contributed by atoms with Crippen LogP contribution in [0.5, 0.6) is 0 Å². The molecule has 0 saturated carbocycles. The molecule has 0 radical (unpaired) electrons. The van der Waals surface area contributed by atoms with Crippen LogP contribution in [0.3, 0.4) is 0 Å². The largest absolute Gasteiger partial charge is 0.320 e. The Bertz CT molecular complexity index is 663. The fourth-order valence-corrected chi connectivity index (χ4v) is 2.84. The summed E-state index contributed by atoms with van der Waals surface area (Å²) in [6, 6.07) is 15.2. The molecule has 1 aliphatic heterocycles. The van der Waals surface area contributed by atoms with E-state index in [2.05, 4.69) is 15.9 Å². The summed E-state index contributed by atoms with van der Waals surface area (Å²) in [4.78, 5) is 12.4. The van der Waals surface area contributed by atoms with Crippen LogP contribution in [-0.4, -0.2) is 12.1 Å². The molecule has 0 atom stereocenters.